The fourth-order valence-electron chi connectivity index (χ4n) is 2.47. The molecule has 1 aromatic rings. The topological polar surface area (TPSA) is 66.1 Å². The SMILES string of the molecule is CCN(C1CCCC1)S(=O)(=O)c1cnc(C)[nH]1. The van der Waals surface area contributed by atoms with Crippen LogP contribution in [-0.2, 0) is 10.0 Å². The van der Waals surface area contributed by atoms with Crippen molar-refractivity contribution in [3.05, 3.63) is 12.0 Å². The summed E-state index contributed by atoms with van der Waals surface area (Å²) < 4.78 is 26.4. The zero-order valence-electron chi connectivity index (χ0n) is 10.3. The maximum Gasteiger partial charge on any atom is 0.260 e. The van der Waals surface area contributed by atoms with Gasteiger partial charge in [-0.15, -0.1) is 0 Å². The van der Waals surface area contributed by atoms with E-state index in [0.717, 1.165) is 25.7 Å². The molecule has 1 aromatic heterocycles. The number of nitrogens with one attached hydrogen (secondary N) is 1. The van der Waals surface area contributed by atoms with Crippen molar-refractivity contribution in [1.29, 1.82) is 0 Å². The summed E-state index contributed by atoms with van der Waals surface area (Å²) in [6.07, 6.45) is 5.60. The number of imidazole rings is 1. The molecule has 0 spiro atoms. The van der Waals surface area contributed by atoms with Gasteiger partial charge in [0.2, 0.25) is 0 Å². The van der Waals surface area contributed by atoms with E-state index in [9.17, 15) is 8.42 Å². The maximum atomic E-state index is 12.4. The van der Waals surface area contributed by atoms with E-state index in [-0.39, 0.29) is 11.1 Å². The molecule has 17 heavy (non-hydrogen) atoms. The van der Waals surface area contributed by atoms with E-state index in [1.54, 1.807) is 11.2 Å². The van der Waals surface area contributed by atoms with E-state index in [1.807, 2.05) is 6.92 Å². The lowest BCUT2D eigenvalue weighted by molar-refractivity contribution is 0.334. The van der Waals surface area contributed by atoms with Crippen LogP contribution in [0.4, 0.5) is 0 Å². The molecule has 1 fully saturated rings. The number of hydrogen-bond acceptors (Lipinski definition) is 3. The Hall–Kier alpha value is -0.880. The molecule has 1 heterocycles. The van der Waals surface area contributed by atoms with Crippen LogP contribution in [0.25, 0.3) is 0 Å². The van der Waals surface area contributed by atoms with Gasteiger partial charge in [0.25, 0.3) is 10.0 Å². The van der Waals surface area contributed by atoms with Gasteiger partial charge in [0, 0.05) is 12.6 Å². The molecule has 0 atom stereocenters. The van der Waals surface area contributed by atoms with Crippen LogP contribution in [0.15, 0.2) is 11.2 Å². The van der Waals surface area contributed by atoms with Crippen LogP contribution < -0.4 is 0 Å². The van der Waals surface area contributed by atoms with Crippen molar-refractivity contribution in [1.82, 2.24) is 14.3 Å². The molecule has 1 aliphatic rings. The summed E-state index contributed by atoms with van der Waals surface area (Å²) in [5.41, 5.74) is 0. The second-order valence-electron chi connectivity index (χ2n) is 4.48. The first-order valence-electron chi connectivity index (χ1n) is 6.09. The van der Waals surface area contributed by atoms with Crippen molar-refractivity contribution in [2.24, 2.45) is 0 Å². The summed E-state index contributed by atoms with van der Waals surface area (Å²) in [6.45, 7) is 4.16. The lowest BCUT2D eigenvalue weighted by atomic mass is 10.2. The van der Waals surface area contributed by atoms with Crippen LogP contribution in [0.3, 0.4) is 0 Å². The number of sulfonamides is 1. The Morgan fingerprint density at radius 1 is 1.47 bits per heavy atom. The molecule has 96 valence electrons. The predicted octanol–water partition coefficient (Wildman–Crippen LogP) is 1.67. The number of aromatic amines is 1. The molecular formula is C11H19N3O2S. The van der Waals surface area contributed by atoms with Gasteiger partial charge in [-0.25, -0.2) is 13.4 Å². The molecule has 0 saturated heterocycles. The van der Waals surface area contributed by atoms with Crippen LogP contribution >= 0.6 is 0 Å². The van der Waals surface area contributed by atoms with Gasteiger partial charge in [-0.05, 0) is 19.8 Å². The molecule has 1 N–H and O–H groups in total. The molecular weight excluding hydrogens is 238 g/mol. The first-order chi connectivity index (χ1) is 8.05. The fraction of sp³-hybridized carbons (Fsp3) is 0.727. The van der Waals surface area contributed by atoms with Crippen LogP contribution in [0, 0.1) is 6.92 Å². The smallest absolute Gasteiger partial charge is 0.260 e. The largest absolute Gasteiger partial charge is 0.332 e. The Bertz CT molecular complexity index is 475. The molecule has 6 heteroatoms. The number of aryl methyl sites for hydroxylation is 1. The third-order valence-corrected chi connectivity index (χ3v) is 5.25. The molecule has 0 unspecified atom stereocenters. The first-order valence-corrected chi connectivity index (χ1v) is 7.53. The van der Waals surface area contributed by atoms with Crippen molar-refractivity contribution in [2.45, 2.75) is 50.6 Å². The van der Waals surface area contributed by atoms with Gasteiger partial charge >= 0.3 is 0 Å². The molecule has 5 nitrogen and oxygen atoms in total. The molecule has 1 aliphatic carbocycles. The average molecular weight is 257 g/mol. The Balaban J connectivity index is 2.29. The highest BCUT2D eigenvalue weighted by molar-refractivity contribution is 7.89. The van der Waals surface area contributed by atoms with Crippen LogP contribution in [0.2, 0.25) is 0 Å². The predicted molar refractivity (Wildman–Crippen MR) is 65.1 cm³/mol. The monoisotopic (exact) mass is 257 g/mol. The highest BCUT2D eigenvalue weighted by atomic mass is 32.2. The van der Waals surface area contributed by atoms with E-state index in [0.29, 0.717) is 12.4 Å². The fourth-order valence-corrected chi connectivity index (χ4v) is 4.13. The summed E-state index contributed by atoms with van der Waals surface area (Å²) in [6, 6.07) is 0.161. The summed E-state index contributed by atoms with van der Waals surface area (Å²) in [5.74, 6) is 0.631. The number of rotatable bonds is 4. The molecule has 0 radical (unpaired) electrons. The van der Waals surface area contributed by atoms with Crippen molar-refractivity contribution >= 4 is 10.0 Å². The highest BCUT2D eigenvalue weighted by Gasteiger charge is 2.32. The van der Waals surface area contributed by atoms with Gasteiger partial charge in [0.05, 0.1) is 6.20 Å². The van der Waals surface area contributed by atoms with Gasteiger partial charge in [-0.3, -0.25) is 0 Å². The van der Waals surface area contributed by atoms with Gasteiger partial charge in [-0.1, -0.05) is 19.8 Å². The van der Waals surface area contributed by atoms with E-state index in [2.05, 4.69) is 9.97 Å². The number of aromatic nitrogens is 2. The van der Waals surface area contributed by atoms with E-state index < -0.39 is 10.0 Å². The summed E-state index contributed by atoms with van der Waals surface area (Å²) in [5, 5.41) is 0.212. The van der Waals surface area contributed by atoms with E-state index in [4.69, 9.17) is 0 Å². The van der Waals surface area contributed by atoms with Crippen molar-refractivity contribution < 1.29 is 8.42 Å². The van der Waals surface area contributed by atoms with Crippen LogP contribution in [0.1, 0.15) is 38.4 Å². The van der Waals surface area contributed by atoms with Gasteiger partial charge in [0.1, 0.15) is 5.82 Å². The number of nitrogens with zero attached hydrogens (tertiary/aromatic N) is 2. The summed E-state index contributed by atoms with van der Waals surface area (Å²) in [7, 11) is -3.40. The minimum Gasteiger partial charge on any atom is -0.332 e. The lowest BCUT2D eigenvalue weighted by Gasteiger charge is -2.25. The summed E-state index contributed by atoms with van der Waals surface area (Å²) >= 11 is 0. The standard InChI is InChI=1S/C11H19N3O2S/c1-3-14(10-6-4-5-7-10)17(15,16)11-8-12-9(2)13-11/h8,10H,3-7H2,1-2H3,(H,12,13). The second-order valence-corrected chi connectivity index (χ2v) is 6.34. The minimum absolute atomic E-state index is 0.161. The Kier molecular flexibility index (Phi) is 3.53. The van der Waals surface area contributed by atoms with Gasteiger partial charge in [-0.2, -0.15) is 4.31 Å². The van der Waals surface area contributed by atoms with E-state index in [1.165, 1.54) is 6.20 Å². The highest BCUT2D eigenvalue weighted by Crippen LogP contribution is 2.27. The first kappa shape index (κ1) is 12.6. The zero-order valence-corrected chi connectivity index (χ0v) is 11.1. The van der Waals surface area contributed by atoms with E-state index >= 15 is 0 Å². The molecule has 0 amide bonds. The Morgan fingerprint density at radius 2 is 2.12 bits per heavy atom. The van der Waals surface area contributed by atoms with Crippen molar-refractivity contribution in [2.75, 3.05) is 6.54 Å². The Morgan fingerprint density at radius 3 is 2.59 bits per heavy atom. The lowest BCUT2D eigenvalue weighted by Crippen LogP contribution is -2.38. The molecule has 1 saturated carbocycles. The quantitative estimate of drug-likeness (QED) is 0.892. The number of hydrogen-bond donors (Lipinski definition) is 1. The third-order valence-electron chi connectivity index (χ3n) is 3.31. The molecule has 0 aromatic carbocycles. The second kappa shape index (κ2) is 4.78. The summed E-state index contributed by atoms with van der Waals surface area (Å²) in [4.78, 5) is 6.78. The molecule has 0 bridgehead atoms. The molecule has 0 aliphatic heterocycles. The number of H-pyrrole nitrogens is 1. The van der Waals surface area contributed by atoms with Gasteiger partial charge in [0.15, 0.2) is 5.03 Å². The van der Waals surface area contributed by atoms with Crippen molar-refractivity contribution in [3.8, 4) is 0 Å². The normalized spacial score (nSPS) is 18.1. The van der Waals surface area contributed by atoms with Crippen molar-refractivity contribution in [3.63, 3.8) is 0 Å². The molecule has 2 rings (SSSR count). The zero-order chi connectivity index (χ0) is 12.5. The minimum atomic E-state index is -3.40. The average Bonchev–Trinajstić information content (AvgIpc) is 2.89. The van der Waals surface area contributed by atoms with Crippen LogP contribution in [0.5, 0.6) is 0 Å². The third kappa shape index (κ3) is 2.37. The van der Waals surface area contributed by atoms with Gasteiger partial charge < -0.3 is 4.98 Å². The maximum absolute atomic E-state index is 12.4. The Labute approximate surface area is 102 Å². The van der Waals surface area contributed by atoms with Crippen LogP contribution in [-0.4, -0.2) is 35.3 Å².